The van der Waals surface area contributed by atoms with Gasteiger partial charge in [0.1, 0.15) is 0 Å². The number of ketones is 2. The molecule has 0 radical (unpaired) electrons. The van der Waals surface area contributed by atoms with Gasteiger partial charge in [0.15, 0.2) is 17.2 Å². The predicted octanol–water partition coefficient (Wildman–Crippen LogP) is 4.16. The normalized spacial score (nSPS) is 43.0. The summed E-state index contributed by atoms with van der Waals surface area (Å²) in [7, 11) is 0. The Labute approximate surface area is 165 Å². The lowest BCUT2D eigenvalue weighted by Gasteiger charge is -2.54. The van der Waals surface area contributed by atoms with E-state index in [-0.39, 0.29) is 22.9 Å². The summed E-state index contributed by atoms with van der Waals surface area (Å²) in [5, 5.41) is 0. The first-order chi connectivity index (χ1) is 12.8. The first-order valence-corrected chi connectivity index (χ1v) is 10.5. The molecule has 0 saturated heterocycles. The number of carbonyl (C=O) groups is 3. The zero-order valence-electron chi connectivity index (χ0n) is 16.1. The van der Waals surface area contributed by atoms with Crippen LogP contribution in [0, 0.1) is 22.7 Å². The second-order valence-corrected chi connectivity index (χ2v) is 9.40. The Morgan fingerprint density at radius 1 is 1.30 bits per heavy atom. The molecular formula is C22H27ClO4. The van der Waals surface area contributed by atoms with Crippen LogP contribution in [0.4, 0.5) is 0 Å². The average molecular weight is 391 g/mol. The minimum Gasteiger partial charge on any atom is -0.453 e. The second kappa shape index (κ2) is 6.30. The van der Waals surface area contributed by atoms with Crippen molar-refractivity contribution < 1.29 is 19.1 Å². The highest BCUT2D eigenvalue weighted by molar-refractivity contribution is 6.29. The van der Waals surface area contributed by atoms with Crippen LogP contribution >= 0.6 is 11.6 Å². The Bertz CT molecular complexity index is 768. The van der Waals surface area contributed by atoms with Crippen LogP contribution in [0.3, 0.4) is 0 Å². The van der Waals surface area contributed by atoms with Gasteiger partial charge in [0.2, 0.25) is 0 Å². The van der Waals surface area contributed by atoms with Gasteiger partial charge in [-0.2, -0.15) is 0 Å². The summed E-state index contributed by atoms with van der Waals surface area (Å²) in [6, 6.07) is 0. The zero-order chi connectivity index (χ0) is 19.4. The molecule has 0 bridgehead atoms. The van der Waals surface area contributed by atoms with Crippen molar-refractivity contribution in [1.29, 1.82) is 0 Å². The third kappa shape index (κ3) is 2.38. The van der Waals surface area contributed by atoms with Crippen molar-refractivity contribution >= 4 is 29.6 Å². The van der Waals surface area contributed by atoms with E-state index in [4.69, 9.17) is 16.3 Å². The molecule has 4 aliphatic rings. The maximum atomic E-state index is 12.8. The SMILES string of the molecule is C[C@]12CCC(=O)C=C1CC[C@@H]1C2=CC[C@@]2(C)[C@H]1CC[C@]2(OC=O)C(=O)CCl. The van der Waals surface area contributed by atoms with Crippen molar-refractivity contribution in [2.45, 2.75) is 64.4 Å². The van der Waals surface area contributed by atoms with Gasteiger partial charge in [-0.1, -0.05) is 31.1 Å². The maximum absolute atomic E-state index is 12.8. The summed E-state index contributed by atoms with van der Waals surface area (Å²) < 4.78 is 5.54. The van der Waals surface area contributed by atoms with Crippen molar-refractivity contribution in [2.24, 2.45) is 22.7 Å². The molecule has 5 atom stereocenters. The topological polar surface area (TPSA) is 60.4 Å². The molecule has 0 aromatic rings. The number of fused-ring (bicyclic) bond motifs is 5. The maximum Gasteiger partial charge on any atom is 0.294 e. The number of rotatable bonds is 4. The Kier molecular flexibility index (Phi) is 4.41. The average Bonchev–Trinajstić information content (AvgIpc) is 2.95. The number of hydrogen-bond donors (Lipinski definition) is 0. The Morgan fingerprint density at radius 3 is 2.78 bits per heavy atom. The molecule has 2 fully saturated rings. The van der Waals surface area contributed by atoms with Crippen LogP contribution in [0.15, 0.2) is 23.3 Å². The van der Waals surface area contributed by atoms with E-state index in [1.165, 1.54) is 11.1 Å². The summed E-state index contributed by atoms with van der Waals surface area (Å²) in [6.45, 7) is 4.80. The molecule has 4 nitrogen and oxygen atoms in total. The van der Waals surface area contributed by atoms with Gasteiger partial charge in [0.05, 0.1) is 5.88 Å². The van der Waals surface area contributed by atoms with E-state index in [1.807, 2.05) is 6.08 Å². The van der Waals surface area contributed by atoms with Gasteiger partial charge in [-0.05, 0) is 56.4 Å². The Morgan fingerprint density at radius 2 is 2.07 bits per heavy atom. The molecule has 0 spiro atoms. The van der Waals surface area contributed by atoms with Gasteiger partial charge in [0, 0.05) is 17.3 Å². The lowest BCUT2D eigenvalue weighted by Crippen LogP contribution is -2.56. The van der Waals surface area contributed by atoms with E-state index in [2.05, 4.69) is 19.9 Å². The number of ether oxygens (including phenoxy) is 1. The molecule has 146 valence electrons. The van der Waals surface area contributed by atoms with E-state index >= 15 is 0 Å². The number of alkyl halides is 1. The number of Topliss-reactive ketones (excluding diaryl/α,β-unsaturated/α-hetero) is 1. The molecule has 2 saturated carbocycles. The molecule has 27 heavy (non-hydrogen) atoms. The number of hydrogen-bond acceptors (Lipinski definition) is 4. The van der Waals surface area contributed by atoms with Crippen molar-refractivity contribution in [2.75, 3.05) is 5.88 Å². The summed E-state index contributed by atoms with van der Waals surface area (Å²) in [5.41, 5.74) is 1.15. The molecule has 0 aromatic heterocycles. The second-order valence-electron chi connectivity index (χ2n) is 9.14. The van der Waals surface area contributed by atoms with E-state index in [1.54, 1.807) is 0 Å². The van der Waals surface area contributed by atoms with Crippen LogP contribution < -0.4 is 0 Å². The Balaban J connectivity index is 1.77. The predicted molar refractivity (Wildman–Crippen MR) is 102 cm³/mol. The summed E-state index contributed by atoms with van der Waals surface area (Å²) in [6.07, 6.45) is 9.69. The summed E-state index contributed by atoms with van der Waals surface area (Å²) >= 11 is 5.91. The van der Waals surface area contributed by atoms with E-state index in [0.717, 1.165) is 25.7 Å². The van der Waals surface area contributed by atoms with Crippen molar-refractivity contribution in [3.8, 4) is 0 Å². The van der Waals surface area contributed by atoms with Crippen LogP contribution in [0.5, 0.6) is 0 Å². The minimum absolute atomic E-state index is 0.0363. The van der Waals surface area contributed by atoms with Gasteiger partial charge >= 0.3 is 0 Å². The fraction of sp³-hybridized carbons (Fsp3) is 0.682. The largest absolute Gasteiger partial charge is 0.453 e. The van der Waals surface area contributed by atoms with E-state index in [9.17, 15) is 14.4 Å². The lowest BCUT2D eigenvalue weighted by molar-refractivity contribution is -0.171. The first-order valence-electron chi connectivity index (χ1n) is 9.97. The molecule has 0 amide bonds. The van der Waals surface area contributed by atoms with Crippen molar-refractivity contribution in [3.05, 3.63) is 23.3 Å². The third-order valence-corrected chi connectivity index (χ3v) is 8.52. The first kappa shape index (κ1) is 18.9. The number of halogens is 1. The van der Waals surface area contributed by atoms with E-state index < -0.39 is 11.0 Å². The van der Waals surface area contributed by atoms with Gasteiger partial charge in [-0.25, -0.2) is 0 Å². The van der Waals surface area contributed by atoms with Crippen LogP contribution in [-0.2, 0) is 19.1 Å². The van der Waals surface area contributed by atoms with Gasteiger partial charge < -0.3 is 4.74 Å². The molecule has 0 unspecified atom stereocenters. The van der Waals surface area contributed by atoms with Gasteiger partial charge in [0.25, 0.3) is 6.47 Å². The zero-order valence-corrected chi connectivity index (χ0v) is 16.8. The fourth-order valence-electron chi connectivity index (χ4n) is 6.76. The van der Waals surface area contributed by atoms with Crippen molar-refractivity contribution in [3.63, 3.8) is 0 Å². The minimum atomic E-state index is -1.11. The number of allylic oxidation sites excluding steroid dienone is 4. The quantitative estimate of drug-likeness (QED) is 0.411. The standard InChI is InChI=1S/C22H27ClO4/c1-20-8-5-15(25)11-14(20)3-4-16-17(20)6-9-21(2)18(16)7-10-22(21,27-13-24)19(26)12-23/h6,11,13,16,18H,3-5,7-10,12H2,1-2H3/t16-,18+,20+,21+,22+/m1/s1. The van der Waals surface area contributed by atoms with Crippen LogP contribution in [0.1, 0.15) is 58.8 Å². The molecule has 0 heterocycles. The molecule has 0 aliphatic heterocycles. The van der Waals surface area contributed by atoms with Gasteiger partial charge in [-0.3, -0.25) is 14.4 Å². The summed E-state index contributed by atoms with van der Waals surface area (Å²) in [4.78, 5) is 36.0. The number of carbonyl (C=O) groups excluding carboxylic acids is 3. The van der Waals surface area contributed by atoms with Gasteiger partial charge in [-0.15, -0.1) is 11.6 Å². The molecule has 4 rings (SSSR count). The summed E-state index contributed by atoms with van der Waals surface area (Å²) in [5.74, 6) is 0.600. The molecular weight excluding hydrogens is 364 g/mol. The van der Waals surface area contributed by atoms with Crippen LogP contribution in [-0.4, -0.2) is 29.5 Å². The van der Waals surface area contributed by atoms with E-state index in [0.29, 0.717) is 37.6 Å². The highest BCUT2D eigenvalue weighted by atomic mass is 35.5. The third-order valence-electron chi connectivity index (χ3n) is 8.28. The Hall–Kier alpha value is -1.42. The lowest BCUT2D eigenvalue weighted by atomic mass is 9.50. The van der Waals surface area contributed by atoms with Crippen molar-refractivity contribution in [1.82, 2.24) is 0 Å². The molecule has 4 aliphatic carbocycles. The smallest absolute Gasteiger partial charge is 0.294 e. The molecule has 5 heteroatoms. The monoisotopic (exact) mass is 390 g/mol. The highest BCUT2D eigenvalue weighted by Crippen LogP contribution is 2.66. The fourth-order valence-corrected chi connectivity index (χ4v) is 6.98. The van der Waals surface area contributed by atoms with Crippen LogP contribution in [0.2, 0.25) is 0 Å². The molecule has 0 aromatic carbocycles. The highest BCUT2D eigenvalue weighted by Gasteiger charge is 2.66. The van der Waals surface area contributed by atoms with Crippen LogP contribution in [0.25, 0.3) is 0 Å². The molecule has 0 N–H and O–H groups in total.